The van der Waals surface area contributed by atoms with Crippen LogP contribution in [0.3, 0.4) is 0 Å². The first kappa shape index (κ1) is 23.9. The van der Waals surface area contributed by atoms with Crippen molar-refractivity contribution in [2.45, 2.75) is 45.1 Å². The first-order valence-corrected chi connectivity index (χ1v) is 11.7. The Balaban J connectivity index is 1.40. The number of nitrogens with zero attached hydrogens (tertiary/aromatic N) is 3. The Kier molecular flexibility index (Phi) is 8.76. The Hall–Kier alpha value is -2.77. The molecule has 1 N–H and O–H groups in total. The minimum Gasteiger partial charge on any atom is -0.439 e. The van der Waals surface area contributed by atoms with E-state index in [0.717, 1.165) is 44.4 Å². The van der Waals surface area contributed by atoms with E-state index in [9.17, 15) is 14.4 Å². The lowest BCUT2D eigenvalue weighted by Crippen LogP contribution is -2.47. The Morgan fingerprint density at radius 1 is 1.09 bits per heavy atom. The molecule has 1 aromatic carbocycles. The van der Waals surface area contributed by atoms with Gasteiger partial charge in [0.2, 0.25) is 6.41 Å². The Bertz CT molecular complexity index is 771. The molecule has 0 unspecified atom stereocenters. The summed E-state index contributed by atoms with van der Waals surface area (Å²) in [6.07, 6.45) is 4.66. The van der Waals surface area contributed by atoms with E-state index in [4.69, 9.17) is 4.74 Å². The maximum atomic E-state index is 12.4. The van der Waals surface area contributed by atoms with E-state index in [1.807, 2.05) is 30.1 Å². The number of nitrogens with one attached hydrogen (secondary N) is 1. The molecule has 32 heavy (non-hydrogen) atoms. The summed E-state index contributed by atoms with van der Waals surface area (Å²) in [7, 11) is 1.89. The number of benzene rings is 1. The van der Waals surface area contributed by atoms with Crippen LogP contribution in [0.15, 0.2) is 24.3 Å². The molecule has 2 aliphatic heterocycles. The highest BCUT2D eigenvalue weighted by Crippen LogP contribution is 2.20. The van der Waals surface area contributed by atoms with Gasteiger partial charge in [0.25, 0.3) is 5.91 Å². The highest BCUT2D eigenvalue weighted by atomic mass is 16.6. The molecule has 3 rings (SSSR count). The highest BCUT2D eigenvalue weighted by molar-refractivity contribution is 5.80. The molecular weight excluding hydrogens is 408 g/mol. The molecule has 0 bridgehead atoms. The van der Waals surface area contributed by atoms with Crippen LogP contribution in [0.4, 0.5) is 10.5 Å². The van der Waals surface area contributed by atoms with Crippen molar-refractivity contribution in [3.05, 3.63) is 29.8 Å². The number of carbonyl (C=O) groups excluding carboxylic acids is 3. The van der Waals surface area contributed by atoms with Crippen LogP contribution in [-0.4, -0.2) is 85.5 Å². The quantitative estimate of drug-likeness (QED) is 0.624. The molecule has 176 valence electrons. The van der Waals surface area contributed by atoms with E-state index in [1.54, 1.807) is 9.80 Å². The zero-order chi connectivity index (χ0) is 22.9. The SMILES string of the molecule is CNc1ccccc1CCN(C=O)C1CCN(C(=O)OCC(=O)N2CCC(C)CC2)CC1. The van der Waals surface area contributed by atoms with Crippen LogP contribution < -0.4 is 5.32 Å². The van der Waals surface area contributed by atoms with Gasteiger partial charge in [-0.3, -0.25) is 9.59 Å². The highest BCUT2D eigenvalue weighted by Gasteiger charge is 2.28. The van der Waals surface area contributed by atoms with Gasteiger partial charge in [0.1, 0.15) is 0 Å². The molecule has 8 nitrogen and oxygen atoms in total. The summed E-state index contributed by atoms with van der Waals surface area (Å²) in [5.74, 6) is 0.529. The number of likely N-dealkylation sites (tertiary alicyclic amines) is 2. The van der Waals surface area contributed by atoms with Gasteiger partial charge in [0.05, 0.1) is 0 Å². The van der Waals surface area contributed by atoms with Crippen molar-refractivity contribution in [2.75, 3.05) is 51.7 Å². The van der Waals surface area contributed by atoms with Gasteiger partial charge >= 0.3 is 6.09 Å². The average Bonchev–Trinajstić information content (AvgIpc) is 2.83. The standard InChI is InChI=1S/C24H36N4O4/c1-19-7-12-26(13-8-19)23(30)17-32-24(31)27-15-10-21(11-16-27)28(18-29)14-9-20-5-3-4-6-22(20)25-2/h3-6,18-19,21,25H,7-17H2,1-2H3. The van der Waals surface area contributed by atoms with Crippen molar-refractivity contribution in [3.63, 3.8) is 0 Å². The molecule has 2 aliphatic rings. The van der Waals surface area contributed by atoms with E-state index < -0.39 is 6.09 Å². The zero-order valence-corrected chi connectivity index (χ0v) is 19.3. The van der Waals surface area contributed by atoms with E-state index >= 15 is 0 Å². The lowest BCUT2D eigenvalue weighted by atomic mass is 9.99. The van der Waals surface area contributed by atoms with Gasteiger partial charge in [-0.25, -0.2) is 4.79 Å². The number of hydrogen-bond donors (Lipinski definition) is 1. The first-order valence-electron chi connectivity index (χ1n) is 11.7. The summed E-state index contributed by atoms with van der Waals surface area (Å²) in [5.41, 5.74) is 2.25. The molecule has 0 aromatic heterocycles. The zero-order valence-electron chi connectivity index (χ0n) is 19.3. The second-order valence-corrected chi connectivity index (χ2v) is 8.84. The van der Waals surface area contributed by atoms with Gasteiger partial charge in [-0.2, -0.15) is 0 Å². The number of amides is 3. The van der Waals surface area contributed by atoms with Gasteiger partial charge in [-0.05, 0) is 49.7 Å². The van der Waals surface area contributed by atoms with Gasteiger partial charge in [-0.1, -0.05) is 25.1 Å². The lowest BCUT2D eigenvalue weighted by Gasteiger charge is -2.36. The van der Waals surface area contributed by atoms with E-state index in [0.29, 0.717) is 38.4 Å². The fourth-order valence-corrected chi connectivity index (χ4v) is 4.50. The van der Waals surface area contributed by atoms with Crippen LogP contribution in [0.2, 0.25) is 0 Å². The second kappa shape index (κ2) is 11.7. The maximum Gasteiger partial charge on any atom is 0.410 e. The van der Waals surface area contributed by atoms with Crippen LogP contribution in [0.1, 0.15) is 38.2 Å². The summed E-state index contributed by atoms with van der Waals surface area (Å²) in [6, 6.07) is 8.19. The molecule has 0 spiro atoms. The molecule has 0 aliphatic carbocycles. The molecule has 8 heteroatoms. The van der Waals surface area contributed by atoms with Crippen LogP contribution in [0.5, 0.6) is 0 Å². The van der Waals surface area contributed by atoms with Gasteiger partial charge in [0.15, 0.2) is 6.61 Å². The van der Waals surface area contributed by atoms with Crippen molar-refractivity contribution in [2.24, 2.45) is 5.92 Å². The third kappa shape index (κ3) is 6.37. The fraction of sp³-hybridized carbons (Fsp3) is 0.625. The number of piperidine rings is 2. The van der Waals surface area contributed by atoms with Crippen molar-refractivity contribution in [3.8, 4) is 0 Å². The van der Waals surface area contributed by atoms with Gasteiger partial charge in [-0.15, -0.1) is 0 Å². The van der Waals surface area contributed by atoms with Crippen LogP contribution in [0.25, 0.3) is 0 Å². The van der Waals surface area contributed by atoms with Crippen molar-refractivity contribution in [1.82, 2.24) is 14.7 Å². The van der Waals surface area contributed by atoms with E-state index in [1.165, 1.54) is 5.56 Å². The summed E-state index contributed by atoms with van der Waals surface area (Å²) in [6.45, 7) is 5.16. The Labute approximate surface area is 190 Å². The smallest absolute Gasteiger partial charge is 0.410 e. The molecular formula is C24H36N4O4. The Morgan fingerprint density at radius 3 is 2.41 bits per heavy atom. The molecule has 1 aromatic rings. The van der Waals surface area contributed by atoms with Crippen LogP contribution in [0, 0.1) is 5.92 Å². The Morgan fingerprint density at radius 2 is 1.75 bits per heavy atom. The van der Waals surface area contributed by atoms with Gasteiger partial charge < -0.3 is 24.8 Å². The normalized spacial score (nSPS) is 17.7. The topological polar surface area (TPSA) is 82.2 Å². The average molecular weight is 445 g/mol. The molecule has 2 fully saturated rings. The van der Waals surface area contributed by atoms with E-state index in [-0.39, 0.29) is 18.6 Å². The maximum absolute atomic E-state index is 12.4. The summed E-state index contributed by atoms with van der Waals surface area (Å²) >= 11 is 0. The monoisotopic (exact) mass is 444 g/mol. The van der Waals surface area contributed by atoms with Crippen LogP contribution in [-0.2, 0) is 20.7 Å². The molecule has 0 atom stereocenters. The second-order valence-electron chi connectivity index (χ2n) is 8.84. The van der Waals surface area contributed by atoms with Crippen molar-refractivity contribution >= 4 is 24.1 Å². The number of rotatable bonds is 8. The number of hydrogen-bond acceptors (Lipinski definition) is 5. The first-order chi connectivity index (χ1) is 15.5. The molecule has 0 radical (unpaired) electrons. The summed E-state index contributed by atoms with van der Waals surface area (Å²) < 4.78 is 5.28. The van der Waals surface area contributed by atoms with Crippen LogP contribution >= 0.6 is 0 Å². The largest absolute Gasteiger partial charge is 0.439 e. The van der Waals surface area contributed by atoms with Gasteiger partial charge in [0, 0.05) is 51.5 Å². The number of ether oxygens (including phenoxy) is 1. The lowest BCUT2D eigenvalue weighted by molar-refractivity contribution is -0.136. The van der Waals surface area contributed by atoms with E-state index in [2.05, 4.69) is 18.3 Å². The fourth-order valence-electron chi connectivity index (χ4n) is 4.50. The third-order valence-corrected chi connectivity index (χ3v) is 6.71. The number of anilines is 1. The number of carbonyl (C=O) groups is 3. The molecule has 2 saturated heterocycles. The predicted molar refractivity (Wildman–Crippen MR) is 123 cm³/mol. The number of para-hydroxylation sites is 1. The predicted octanol–water partition coefficient (Wildman–Crippen LogP) is 2.59. The third-order valence-electron chi connectivity index (χ3n) is 6.71. The summed E-state index contributed by atoms with van der Waals surface area (Å²) in [4.78, 5) is 41.7. The van der Waals surface area contributed by atoms with Crippen molar-refractivity contribution in [1.29, 1.82) is 0 Å². The molecule has 3 amide bonds. The summed E-state index contributed by atoms with van der Waals surface area (Å²) in [5, 5.41) is 3.19. The minimum absolute atomic E-state index is 0.107. The van der Waals surface area contributed by atoms with Crippen molar-refractivity contribution < 1.29 is 19.1 Å². The molecule has 2 heterocycles. The minimum atomic E-state index is -0.442. The molecule has 0 saturated carbocycles.